The number of quaternary nitrogens is 1. The molecular weight excluding hydrogens is 1030 g/mol. The second-order valence-corrected chi connectivity index (χ2v) is 26.6. The molecule has 3 atom stereocenters. The molecule has 0 aliphatic heterocycles. The topological polar surface area (TPSA) is 108 Å². The van der Waals surface area contributed by atoms with Gasteiger partial charge in [0.1, 0.15) is 13.2 Å². The van der Waals surface area contributed by atoms with Crippen LogP contribution in [0.3, 0.4) is 0 Å². The molecule has 2 N–H and O–H groups in total. The lowest BCUT2D eigenvalue weighted by atomic mass is 10.0. The lowest BCUT2D eigenvalue weighted by molar-refractivity contribution is -0.870. The third-order valence-electron chi connectivity index (χ3n) is 15.9. The summed E-state index contributed by atoms with van der Waals surface area (Å²) >= 11 is 0. The second kappa shape index (κ2) is 63.4. The fourth-order valence-electron chi connectivity index (χ4n) is 10.5. The van der Waals surface area contributed by atoms with Gasteiger partial charge in [0, 0.05) is 6.42 Å². The fraction of sp³-hybridized carbons (Fsp3) is 0.822. The van der Waals surface area contributed by atoms with Crippen molar-refractivity contribution >= 4 is 13.7 Å². The Balaban J connectivity index is 3.96. The highest BCUT2D eigenvalue weighted by atomic mass is 31.2. The van der Waals surface area contributed by atoms with Gasteiger partial charge in [0.2, 0.25) is 5.91 Å². The average Bonchev–Trinajstić information content (AvgIpc) is 3.46. The van der Waals surface area contributed by atoms with E-state index in [0.717, 1.165) is 70.6 Å². The zero-order chi connectivity index (χ0) is 59.8. The lowest BCUT2D eigenvalue weighted by Gasteiger charge is -2.29. The van der Waals surface area contributed by atoms with Crippen molar-refractivity contribution in [1.29, 1.82) is 0 Å². The van der Waals surface area contributed by atoms with Gasteiger partial charge in [-0.1, -0.05) is 337 Å². The molecule has 0 aromatic carbocycles. The predicted molar refractivity (Wildman–Crippen MR) is 357 cm³/mol. The summed E-state index contributed by atoms with van der Waals surface area (Å²) in [4.78, 5) is 25.6. The van der Waals surface area contributed by atoms with E-state index in [4.69, 9.17) is 9.05 Å². The molecule has 0 aromatic rings. The van der Waals surface area contributed by atoms with E-state index in [1.807, 2.05) is 27.2 Å². The number of hydrogen-bond acceptors (Lipinski definition) is 6. The molecule has 0 fully saturated rings. The van der Waals surface area contributed by atoms with Crippen LogP contribution in [0.1, 0.15) is 335 Å². The zero-order valence-corrected chi connectivity index (χ0v) is 55.8. The number of rotatable bonds is 65. The van der Waals surface area contributed by atoms with Crippen molar-refractivity contribution in [3.63, 3.8) is 0 Å². The molecule has 0 radical (unpaired) electrons. The number of hydrogen-bond donors (Lipinski definition) is 2. The maximum Gasteiger partial charge on any atom is 0.268 e. The van der Waals surface area contributed by atoms with Crippen LogP contribution in [0.2, 0.25) is 0 Å². The standard InChI is InChI=1S/C73H137N2O6P/c1-6-8-10-12-14-16-18-20-22-24-26-28-29-30-31-32-33-34-35-36-37-38-39-40-41-42-43-44-45-47-49-51-53-55-57-59-61-63-65-67-73(77)74-71(70-81-82(78,79)80-69-68-75(3,4)5)72(76)66-64-62-60-58-56-54-52-50-48-46-27-25-23-21-19-17-15-13-11-9-7-2/h8,10,14,16,20,22,26,28,30-31,64,66,71-72,76H,6-7,9,11-13,15,17-19,21,23-25,27,29,32-63,65,67-70H2,1-5H3,(H-,74,77,78,79)/b10-8-,16-14-,22-20-,28-26-,31-30-,66-64+. The Morgan fingerprint density at radius 3 is 1.09 bits per heavy atom. The Kier molecular flexibility index (Phi) is 61.8. The maximum absolute atomic E-state index is 13.0. The predicted octanol–water partition coefficient (Wildman–Crippen LogP) is 21.9. The van der Waals surface area contributed by atoms with Crippen molar-refractivity contribution in [1.82, 2.24) is 5.32 Å². The zero-order valence-electron chi connectivity index (χ0n) is 54.9. The highest BCUT2D eigenvalue weighted by Crippen LogP contribution is 2.38. The van der Waals surface area contributed by atoms with Crippen LogP contribution in [0.15, 0.2) is 72.9 Å². The first kappa shape index (κ1) is 79.9. The van der Waals surface area contributed by atoms with E-state index in [-0.39, 0.29) is 19.1 Å². The summed E-state index contributed by atoms with van der Waals surface area (Å²) in [6.07, 6.45) is 88.8. The van der Waals surface area contributed by atoms with Gasteiger partial charge in [-0.25, -0.2) is 0 Å². The highest BCUT2D eigenvalue weighted by molar-refractivity contribution is 7.45. The number of amides is 1. The molecule has 480 valence electrons. The largest absolute Gasteiger partial charge is 0.756 e. The maximum atomic E-state index is 13.0. The molecule has 0 bridgehead atoms. The number of phosphoric ester groups is 1. The molecule has 0 aliphatic rings. The van der Waals surface area contributed by atoms with E-state index in [0.29, 0.717) is 17.4 Å². The Hall–Kier alpha value is -2.06. The SMILES string of the molecule is CC/C=C\C/C=C\C/C=C\C/C=C\C/C=C\CCCCCCCCCCCCCCCCCCCCCCCCCC(=O)NC(COP(=O)([O-])OCC[N+](C)(C)C)C(O)/C=C/CCCCCCCCCCCCCCCCCCCCC. The quantitative estimate of drug-likeness (QED) is 0.0272. The number of aliphatic hydroxyl groups excluding tert-OH is 1. The van der Waals surface area contributed by atoms with Gasteiger partial charge < -0.3 is 28.8 Å². The first-order valence-corrected chi connectivity index (χ1v) is 36.8. The van der Waals surface area contributed by atoms with E-state index < -0.39 is 20.0 Å². The number of phosphoric acid groups is 1. The minimum absolute atomic E-state index is 0.000187. The first-order valence-electron chi connectivity index (χ1n) is 35.3. The monoisotopic (exact) mass is 1170 g/mol. The molecule has 0 spiro atoms. The van der Waals surface area contributed by atoms with Crippen LogP contribution in [-0.2, 0) is 18.4 Å². The van der Waals surface area contributed by atoms with Gasteiger partial charge >= 0.3 is 0 Å². The van der Waals surface area contributed by atoms with Crippen LogP contribution < -0.4 is 10.2 Å². The summed E-state index contributed by atoms with van der Waals surface area (Å²) < 4.78 is 23.5. The molecule has 1 amide bonds. The number of unbranched alkanes of at least 4 members (excludes halogenated alkanes) is 42. The van der Waals surface area contributed by atoms with Gasteiger partial charge in [-0.3, -0.25) is 9.36 Å². The van der Waals surface area contributed by atoms with Crippen molar-refractivity contribution in [2.75, 3.05) is 40.9 Å². The van der Waals surface area contributed by atoms with Crippen molar-refractivity contribution in [3.8, 4) is 0 Å². The summed E-state index contributed by atoms with van der Waals surface area (Å²) in [5, 5.41) is 14.0. The number of allylic oxidation sites excluding steroid dienone is 11. The van der Waals surface area contributed by atoms with E-state index in [9.17, 15) is 19.4 Å². The van der Waals surface area contributed by atoms with Gasteiger partial charge in [0.15, 0.2) is 0 Å². The van der Waals surface area contributed by atoms with Gasteiger partial charge in [-0.05, 0) is 64.2 Å². The number of carbonyl (C=O) groups excluding carboxylic acids is 1. The minimum Gasteiger partial charge on any atom is -0.756 e. The molecule has 0 rings (SSSR count). The first-order chi connectivity index (χ1) is 40.0. The van der Waals surface area contributed by atoms with Crippen LogP contribution >= 0.6 is 7.82 Å². The van der Waals surface area contributed by atoms with E-state index >= 15 is 0 Å². The second-order valence-electron chi connectivity index (χ2n) is 25.2. The van der Waals surface area contributed by atoms with Crippen LogP contribution in [0.4, 0.5) is 0 Å². The van der Waals surface area contributed by atoms with Crippen molar-refractivity contribution in [2.24, 2.45) is 0 Å². The summed E-state index contributed by atoms with van der Waals surface area (Å²) in [6, 6.07) is -0.888. The fourth-order valence-corrected chi connectivity index (χ4v) is 11.2. The summed E-state index contributed by atoms with van der Waals surface area (Å²) in [5.74, 6) is -0.192. The molecule has 0 aromatic heterocycles. The number of nitrogens with one attached hydrogen (secondary N) is 1. The van der Waals surface area contributed by atoms with E-state index in [2.05, 4.69) is 79.9 Å². The molecule has 0 saturated carbocycles. The Labute approximate surface area is 510 Å². The Morgan fingerprint density at radius 2 is 0.744 bits per heavy atom. The molecule has 0 saturated heterocycles. The Morgan fingerprint density at radius 1 is 0.439 bits per heavy atom. The third-order valence-corrected chi connectivity index (χ3v) is 16.9. The third kappa shape index (κ3) is 65.5. The van der Waals surface area contributed by atoms with Crippen LogP contribution in [0.25, 0.3) is 0 Å². The van der Waals surface area contributed by atoms with E-state index in [1.165, 1.54) is 244 Å². The van der Waals surface area contributed by atoms with Crippen LogP contribution in [0.5, 0.6) is 0 Å². The molecule has 0 heterocycles. The molecule has 0 aliphatic carbocycles. The number of aliphatic hydroxyl groups is 1. The molecule has 82 heavy (non-hydrogen) atoms. The number of carbonyl (C=O) groups is 1. The molecule has 8 nitrogen and oxygen atoms in total. The molecule has 3 unspecified atom stereocenters. The summed E-state index contributed by atoms with van der Waals surface area (Å²) in [6.45, 7) is 4.58. The average molecular weight is 1170 g/mol. The van der Waals surface area contributed by atoms with Crippen molar-refractivity contribution < 1.29 is 32.9 Å². The molecule has 9 heteroatoms. The Bertz CT molecular complexity index is 1570. The highest BCUT2D eigenvalue weighted by Gasteiger charge is 2.23. The lowest BCUT2D eigenvalue weighted by Crippen LogP contribution is -2.45. The smallest absolute Gasteiger partial charge is 0.268 e. The summed E-state index contributed by atoms with van der Waals surface area (Å²) in [7, 11) is 1.27. The van der Waals surface area contributed by atoms with Crippen molar-refractivity contribution in [2.45, 2.75) is 347 Å². The minimum atomic E-state index is -4.60. The van der Waals surface area contributed by atoms with Crippen molar-refractivity contribution in [3.05, 3.63) is 72.9 Å². The van der Waals surface area contributed by atoms with Crippen LogP contribution in [0, 0.1) is 0 Å². The number of nitrogens with zero attached hydrogens (tertiary/aromatic N) is 1. The van der Waals surface area contributed by atoms with Gasteiger partial charge in [-0.2, -0.15) is 0 Å². The summed E-state index contributed by atoms with van der Waals surface area (Å²) in [5.41, 5.74) is 0. The molecular formula is C73H137N2O6P. The normalized spacial score (nSPS) is 14.1. The van der Waals surface area contributed by atoms with Gasteiger partial charge in [-0.15, -0.1) is 0 Å². The van der Waals surface area contributed by atoms with Crippen LogP contribution in [-0.4, -0.2) is 68.5 Å². The van der Waals surface area contributed by atoms with Gasteiger partial charge in [0.05, 0.1) is 39.9 Å². The van der Waals surface area contributed by atoms with E-state index in [1.54, 1.807) is 6.08 Å². The number of likely N-dealkylation sites (N-methyl/N-ethyl adjacent to an activating group) is 1. The van der Waals surface area contributed by atoms with Gasteiger partial charge in [0.25, 0.3) is 7.82 Å².